The van der Waals surface area contributed by atoms with Gasteiger partial charge >= 0.3 is 0 Å². The lowest BCUT2D eigenvalue weighted by Gasteiger charge is -2.14. The van der Waals surface area contributed by atoms with Crippen molar-refractivity contribution in [2.75, 3.05) is 0 Å². The van der Waals surface area contributed by atoms with Gasteiger partial charge in [0.15, 0.2) is 0 Å². The molecule has 1 unspecified atom stereocenters. The molecule has 0 amide bonds. The summed E-state index contributed by atoms with van der Waals surface area (Å²) in [4.78, 5) is 0. The first-order chi connectivity index (χ1) is 7.59. The minimum absolute atomic E-state index is 0.185. The largest absolute Gasteiger partial charge is 0.353 e. The molecule has 0 saturated heterocycles. The third kappa shape index (κ3) is 2.09. The quantitative estimate of drug-likeness (QED) is 0.876. The molecule has 2 rings (SSSR count). The smallest absolute Gasteiger partial charge is 0.0706 e. The number of nitrogens with zero attached hydrogens (tertiary/aromatic N) is 1. The molecule has 0 spiro atoms. The minimum atomic E-state index is -0.185. The molecule has 0 fully saturated rings. The Kier molecular flexibility index (Phi) is 3.24. The maximum absolute atomic E-state index is 6.16. The Hall–Kier alpha value is -0.960. The lowest BCUT2D eigenvalue weighted by atomic mass is 10.1. The van der Waals surface area contributed by atoms with Crippen LogP contribution in [0.25, 0.3) is 0 Å². The van der Waals surface area contributed by atoms with Crippen LogP contribution in [0, 0.1) is 0 Å². The Labute approximate surface area is 105 Å². The van der Waals surface area contributed by atoms with Crippen molar-refractivity contribution in [3.63, 3.8) is 0 Å². The van der Waals surface area contributed by atoms with E-state index in [0.29, 0.717) is 10.0 Å². The molecule has 2 nitrogen and oxygen atoms in total. The van der Waals surface area contributed by atoms with Gasteiger partial charge in [-0.05, 0) is 29.8 Å². The normalized spacial score (nSPS) is 12.8. The summed E-state index contributed by atoms with van der Waals surface area (Å²) in [5.74, 6) is 0. The molecule has 1 aromatic heterocycles. The minimum Gasteiger partial charge on any atom is -0.353 e. The lowest BCUT2D eigenvalue weighted by molar-refractivity contribution is 0.747. The highest BCUT2D eigenvalue weighted by Gasteiger charge is 2.12. The topological polar surface area (TPSA) is 30.9 Å². The van der Waals surface area contributed by atoms with E-state index in [-0.39, 0.29) is 6.04 Å². The summed E-state index contributed by atoms with van der Waals surface area (Å²) in [7, 11) is 1.96. The van der Waals surface area contributed by atoms with Crippen LogP contribution in [0.1, 0.15) is 17.3 Å². The van der Waals surface area contributed by atoms with E-state index in [9.17, 15) is 0 Å². The highest BCUT2D eigenvalue weighted by molar-refractivity contribution is 6.42. The first kappa shape index (κ1) is 11.5. The van der Waals surface area contributed by atoms with Crippen molar-refractivity contribution in [2.45, 2.75) is 6.04 Å². The van der Waals surface area contributed by atoms with Gasteiger partial charge in [0.1, 0.15) is 0 Å². The molecule has 0 aliphatic heterocycles. The standard InChI is InChI=1S/C12H12Cl2N2/c1-16-6-2-3-11(16)12(15)8-4-5-9(13)10(14)7-8/h2-7,12H,15H2,1H3. The van der Waals surface area contributed by atoms with Crippen LogP contribution in [0.15, 0.2) is 36.5 Å². The Bertz CT molecular complexity index is 505. The van der Waals surface area contributed by atoms with Crippen LogP contribution in [-0.4, -0.2) is 4.57 Å². The Morgan fingerprint density at radius 2 is 1.94 bits per heavy atom. The fraction of sp³-hybridized carbons (Fsp3) is 0.167. The van der Waals surface area contributed by atoms with Gasteiger partial charge in [-0.25, -0.2) is 0 Å². The summed E-state index contributed by atoms with van der Waals surface area (Å²) < 4.78 is 1.99. The molecule has 1 heterocycles. The first-order valence-electron chi connectivity index (χ1n) is 4.91. The van der Waals surface area contributed by atoms with Gasteiger partial charge in [0.25, 0.3) is 0 Å². The van der Waals surface area contributed by atoms with E-state index in [4.69, 9.17) is 28.9 Å². The van der Waals surface area contributed by atoms with Gasteiger partial charge in [-0.15, -0.1) is 0 Å². The van der Waals surface area contributed by atoms with E-state index in [1.54, 1.807) is 6.07 Å². The summed E-state index contributed by atoms with van der Waals surface area (Å²) in [5.41, 5.74) is 8.15. The number of nitrogens with two attached hydrogens (primary N) is 1. The zero-order chi connectivity index (χ0) is 11.7. The predicted octanol–water partition coefficient (Wildman–Crippen LogP) is 3.38. The maximum atomic E-state index is 6.16. The number of aryl methyl sites for hydroxylation is 1. The second-order valence-corrected chi connectivity index (χ2v) is 4.51. The van der Waals surface area contributed by atoms with Crippen LogP contribution in [0.2, 0.25) is 10.0 Å². The number of hydrogen-bond donors (Lipinski definition) is 1. The van der Waals surface area contributed by atoms with Gasteiger partial charge in [-0.3, -0.25) is 0 Å². The molecule has 0 saturated carbocycles. The molecule has 0 aliphatic carbocycles. The maximum Gasteiger partial charge on any atom is 0.0706 e. The fourth-order valence-corrected chi connectivity index (χ4v) is 1.98. The van der Waals surface area contributed by atoms with E-state index in [1.807, 2.05) is 42.1 Å². The summed E-state index contributed by atoms with van der Waals surface area (Å²) in [6, 6.07) is 9.24. The number of aromatic nitrogens is 1. The van der Waals surface area contributed by atoms with Crippen LogP contribution in [-0.2, 0) is 7.05 Å². The van der Waals surface area contributed by atoms with Gasteiger partial charge in [-0.1, -0.05) is 29.3 Å². The van der Waals surface area contributed by atoms with Crippen molar-refractivity contribution in [2.24, 2.45) is 12.8 Å². The average molecular weight is 255 g/mol. The molecule has 84 valence electrons. The first-order valence-corrected chi connectivity index (χ1v) is 5.67. The molecule has 0 aliphatic rings. The molecule has 0 bridgehead atoms. The van der Waals surface area contributed by atoms with Gasteiger partial charge in [0.05, 0.1) is 16.1 Å². The summed E-state index contributed by atoms with van der Waals surface area (Å²) in [5, 5.41) is 1.08. The third-order valence-corrected chi connectivity index (χ3v) is 3.34. The number of benzene rings is 1. The summed E-state index contributed by atoms with van der Waals surface area (Å²) >= 11 is 11.8. The molecular formula is C12H12Cl2N2. The molecule has 4 heteroatoms. The van der Waals surface area contributed by atoms with Crippen molar-refractivity contribution < 1.29 is 0 Å². The van der Waals surface area contributed by atoms with Gasteiger partial charge in [-0.2, -0.15) is 0 Å². The van der Waals surface area contributed by atoms with Crippen LogP contribution >= 0.6 is 23.2 Å². The van der Waals surface area contributed by atoms with Gasteiger partial charge in [0.2, 0.25) is 0 Å². The zero-order valence-electron chi connectivity index (χ0n) is 8.82. The van der Waals surface area contributed by atoms with Crippen molar-refractivity contribution in [1.82, 2.24) is 4.57 Å². The number of halogens is 2. The molecule has 16 heavy (non-hydrogen) atoms. The predicted molar refractivity (Wildman–Crippen MR) is 67.9 cm³/mol. The second-order valence-electron chi connectivity index (χ2n) is 3.70. The molecular weight excluding hydrogens is 243 g/mol. The van der Waals surface area contributed by atoms with E-state index in [0.717, 1.165) is 11.3 Å². The summed E-state index contributed by atoms with van der Waals surface area (Å²) in [6.45, 7) is 0. The van der Waals surface area contributed by atoms with Gasteiger partial charge < -0.3 is 10.3 Å². The lowest BCUT2D eigenvalue weighted by Crippen LogP contribution is -2.15. The van der Waals surface area contributed by atoms with E-state index in [2.05, 4.69) is 0 Å². The molecule has 0 radical (unpaired) electrons. The monoisotopic (exact) mass is 254 g/mol. The highest BCUT2D eigenvalue weighted by atomic mass is 35.5. The molecule has 2 aromatic rings. The van der Waals surface area contributed by atoms with Crippen LogP contribution in [0.5, 0.6) is 0 Å². The Morgan fingerprint density at radius 3 is 2.50 bits per heavy atom. The molecule has 1 aromatic carbocycles. The van der Waals surface area contributed by atoms with Crippen LogP contribution in [0.3, 0.4) is 0 Å². The fourth-order valence-electron chi connectivity index (χ4n) is 1.67. The number of hydrogen-bond acceptors (Lipinski definition) is 1. The van der Waals surface area contributed by atoms with E-state index < -0.39 is 0 Å². The van der Waals surface area contributed by atoms with E-state index in [1.165, 1.54) is 0 Å². The van der Waals surface area contributed by atoms with Gasteiger partial charge in [0, 0.05) is 18.9 Å². The van der Waals surface area contributed by atoms with Crippen LogP contribution < -0.4 is 5.73 Å². The van der Waals surface area contributed by atoms with Crippen LogP contribution in [0.4, 0.5) is 0 Å². The number of rotatable bonds is 2. The van der Waals surface area contributed by atoms with Crippen molar-refractivity contribution in [3.05, 3.63) is 57.8 Å². The third-order valence-electron chi connectivity index (χ3n) is 2.61. The van der Waals surface area contributed by atoms with Crippen molar-refractivity contribution in [3.8, 4) is 0 Å². The van der Waals surface area contributed by atoms with Crippen molar-refractivity contribution >= 4 is 23.2 Å². The molecule has 1 atom stereocenters. The Morgan fingerprint density at radius 1 is 1.19 bits per heavy atom. The summed E-state index contributed by atoms with van der Waals surface area (Å²) in [6.07, 6.45) is 1.96. The average Bonchev–Trinajstić information content (AvgIpc) is 2.67. The Balaban J connectivity index is 2.38. The van der Waals surface area contributed by atoms with E-state index >= 15 is 0 Å². The SMILES string of the molecule is Cn1cccc1C(N)c1ccc(Cl)c(Cl)c1. The highest BCUT2D eigenvalue weighted by Crippen LogP contribution is 2.27. The van der Waals surface area contributed by atoms with Crippen molar-refractivity contribution in [1.29, 1.82) is 0 Å². The zero-order valence-corrected chi connectivity index (χ0v) is 10.3. The second kappa shape index (κ2) is 4.50. The molecule has 2 N–H and O–H groups in total.